The van der Waals surface area contributed by atoms with Gasteiger partial charge in [-0.15, -0.1) is 0 Å². The van der Waals surface area contributed by atoms with Crippen molar-refractivity contribution in [3.8, 4) is 6.07 Å². The van der Waals surface area contributed by atoms with Crippen LogP contribution in [0.25, 0.3) is 5.65 Å². The van der Waals surface area contributed by atoms with Gasteiger partial charge in [0, 0.05) is 30.9 Å². The zero-order valence-electron chi connectivity index (χ0n) is 18.4. The zero-order chi connectivity index (χ0) is 22.4. The van der Waals surface area contributed by atoms with E-state index < -0.39 is 0 Å². The van der Waals surface area contributed by atoms with Gasteiger partial charge in [0.1, 0.15) is 17.4 Å². The number of fused-ring (bicyclic) bond motifs is 1. The number of rotatable bonds is 9. The van der Waals surface area contributed by atoms with Gasteiger partial charge in [0.25, 0.3) is 0 Å². The van der Waals surface area contributed by atoms with E-state index in [1.165, 1.54) is 18.3 Å². The van der Waals surface area contributed by atoms with Gasteiger partial charge in [0.2, 0.25) is 5.91 Å². The minimum absolute atomic E-state index is 0.0671. The average Bonchev–Trinajstić information content (AvgIpc) is 3.17. The first-order valence-corrected chi connectivity index (χ1v) is 10.7. The van der Waals surface area contributed by atoms with Gasteiger partial charge in [0.05, 0.1) is 6.20 Å². The number of amides is 1. The SMILES string of the molecule is CCCCCN(Cc1ccc(F)cc1)C(=O)CCc1c(C)nc2c(C#N)cnn2c1C. The molecule has 0 aliphatic heterocycles. The van der Waals surface area contributed by atoms with Crippen molar-refractivity contribution in [1.29, 1.82) is 5.26 Å². The molecule has 1 aromatic carbocycles. The Balaban J connectivity index is 1.75. The summed E-state index contributed by atoms with van der Waals surface area (Å²) < 4.78 is 14.9. The van der Waals surface area contributed by atoms with Gasteiger partial charge in [-0.25, -0.2) is 13.9 Å². The number of aryl methyl sites for hydroxylation is 2. The van der Waals surface area contributed by atoms with Crippen LogP contribution in [-0.4, -0.2) is 31.9 Å². The lowest BCUT2D eigenvalue weighted by molar-refractivity contribution is -0.131. The van der Waals surface area contributed by atoms with Gasteiger partial charge in [-0.05, 0) is 49.9 Å². The summed E-state index contributed by atoms with van der Waals surface area (Å²) in [5, 5.41) is 13.5. The van der Waals surface area contributed by atoms with Gasteiger partial charge < -0.3 is 4.90 Å². The van der Waals surface area contributed by atoms with E-state index >= 15 is 0 Å². The topological polar surface area (TPSA) is 74.3 Å². The number of carbonyl (C=O) groups is 1. The standard InChI is InChI=1S/C24H28FN5O/c1-4-5-6-13-29(16-19-7-9-21(25)10-8-19)23(31)12-11-22-17(2)28-24-20(14-26)15-27-30(24)18(22)3/h7-10,15H,4-6,11-13,16H2,1-3H3. The number of aromatic nitrogens is 3. The van der Waals surface area contributed by atoms with E-state index in [2.05, 4.69) is 23.1 Å². The molecule has 0 fully saturated rings. The van der Waals surface area contributed by atoms with Crippen molar-refractivity contribution < 1.29 is 9.18 Å². The van der Waals surface area contributed by atoms with E-state index in [1.54, 1.807) is 16.6 Å². The Bertz CT molecular complexity index is 1100. The van der Waals surface area contributed by atoms with Crippen LogP contribution in [0.15, 0.2) is 30.5 Å². The van der Waals surface area contributed by atoms with Gasteiger partial charge in [-0.1, -0.05) is 31.9 Å². The Kier molecular flexibility index (Phi) is 7.35. The quantitative estimate of drug-likeness (QED) is 0.477. The van der Waals surface area contributed by atoms with Gasteiger partial charge in [-0.3, -0.25) is 4.79 Å². The number of carbonyl (C=O) groups excluding carboxylic acids is 1. The number of halogens is 1. The second-order valence-corrected chi connectivity index (χ2v) is 7.82. The summed E-state index contributed by atoms with van der Waals surface area (Å²) in [4.78, 5) is 19.5. The maximum Gasteiger partial charge on any atom is 0.223 e. The lowest BCUT2D eigenvalue weighted by atomic mass is 10.1. The van der Waals surface area contributed by atoms with Crippen molar-refractivity contribution in [2.75, 3.05) is 6.54 Å². The molecule has 0 saturated heterocycles. The molecule has 2 heterocycles. The van der Waals surface area contributed by atoms with Gasteiger partial charge in [-0.2, -0.15) is 10.4 Å². The molecule has 0 spiro atoms. The van der Waals surface area contributed by atoms with Crippen LogP contribution in [0.3, 0.4) is 0 Å². The van der Waals surface area contributed by atoms with Gasteiger partial charge >= 0.3 is 0 Å². The van der Waals surface area contributed by atoms with E-state index in [9.17, 15) is 14.4 Å². The molecule has 0 bridgehead atoms. The van der Waals surface area contributed by atoms with Crippen LogP contribution < -0.4 is 0 Å². The predicted molar refractivity (Wildman–Crippen MR) is 117 cm³/mol. The Morgan fingerprint density at radius 3 is 2.65 bits per heavy atom. The number of hydrogen-bond donors (Lipinski definition) is 0. The minimum atomic E-state index is -0.278. The second-order valence-electron chi connectivity index (χ2n) is 7.82. The lowest BCUT2D eigenvalue weighted by Crippen LogP contribution is -2.32. The first-order valence-electron chi connectivity index (χ1n) is 10.7. The van der Waals surface area contributed by atoms with Crippen molar-refractivity contribution in [3.63, 3.8) is 0 Å². The molecule has 3 aromatic rings. The predicted octanol–water partition coefficient (Wildman–Crippen LogP) is 4.51. The number of nitrogens with zero attached hydrogens (tertiary/aromatic N) is 5. The van der Waals surface area contributed by atoms with Crippen LogP contribution in [0.1, 0.15) is 60.7 Å². The molecule has 0 unspecified atom stereocenters. The van der Waals surface area contributed by atoms with Crippen LogP contribution in [0.2, 0.25) is 0 Å². The number of nitriles is 1. The highest BCUT2D eigenvalue weighted by atomic mass is 19.1. The van der Waals surface area contributed by atoms with Crippen molar-refractivity contribution in [2.45, 2.75) is 59.4 Å². The van der Waals surface area contributed by atoms with E-state index in [0.717, 1.165) is 41.8 Å². The summed E-state index contributed by atoms with van der Waals surface area (Å²) in [5.74, 6) is -0.211. The highest BCUT2D eigenvalue weighted by molar-refractivity contribution is 5.76. The largest absolute Gasteiger partial charge is 0.338 e. The van der Waals surface area contributed by atoms with Crippen molar-refractivity contribution >= 4 is 11.6 Å². The fraction of sp³-hybridized carbons (Fsp3) is 0.417. The summed E-state index contributed by atoms with van der Waals surface area (Å²) in [6, 6.07) is 8.42. The Morgan fingerprint density at radius 1 is 1.23 bits per heavy atom. The maximum absolute atomic E-state index is 13.2. The third-order valence-corrected chi connectivity index (χ3v) is 5.59. The Hall–Kier alpha value is -3.27. The Labute approximate surface area is 182 Å². The molecule has 0 N–H and O–H groups in total. The first-order chi connectivity index (χ1) is 14.9. The highest BCUT2D eigenvalue weighted by Gasteiger charge is 2.18. The van der Waals surface area contributed by atoms with Gasteiger partial charge in [0.15, 0.2) is 5.65 Å². The molecule has 162 valence electrons. The molecule has 0 saturated carbocycles. The normalized spacial score (nSPS) is 10.9. The molecule has 0 radical (unpaired) electrons. The third kappa shape index (κ3) is 5.26. The van der Waals surface area contributed by atoms with Crippen LogP contribution >= 0.6 is 0 Å². The molecule has 1 amide bonds. The summed E-state index contributed by atoms with van der Waals surface area (Å²) in [6.07, 6.45) is 5.51. The van der Waals surface area contributed by atoms with Crippen LogP contribution in [0.4, 0.5) is 4.39 Å². The van der Waals surface area contributed by atoms with Crippen molar-refractivity contribution in [1.82, 2.24) is 19.5 Å². The third-order valence-electron chi connectivity index (χ3n) is 5.59. The van der Waals surface area contributed by atoms with Crippen LogP contribution in [-0.2, 0) is 17.8 Å². The maximum atomic E-state index is 13.2. The minimum Gasteiger partial charge on any atom is -0.338 e. The zero-order valence-corrected chi connectivity index (χ0v) is 18.4. The molecule has 31 heavy (non-hydrogen) atoms. The lowest BCUT2D eigenvalue weighted by Gasteiger charge is -2.23. The number of hydrogen-bond acceptors (Lipinski definition) is 4. The number of unbranched alkanes of at least 4 members (excludes halogenated alkanes) is 2. The van der Waals surface area contributed by atoms with Crippen LogP contribution in [0.5, 0.6) is 0 Å². The summed E-state index contributed by atoms with van der Waals surface area (Å²) in [7, 11) is 0. The molecule has 3 rings (SSSR count). The van der Waals surface area contributed by atoms with E-state index in [1.807, 2.05) is 18.7 Å². The van der Waals surface area contributed by atoms with Crippen molar-refractivity contribution in [2.24, 2.45) is 0 Å². The molecule has 0 atom stereocenters. The molecule has 0 aliphatic rings. The molecular formula is C24H28FN5O. The second kappa shape index (κ2) is 10.2. The first kappa shape index (κ1) is 22.4. The Morgan fingerprint density at radius 2 is 1.97 bits per heavy atom. The smallest absolute Gasteiger partial charge is 0.223 e. The highest BCUT2D eigenvalue weighted by Crippen LogP contribution is 2.19. The van der Waals surface area contributed by atoms with Crippen molar-refractivity contribution in [3.05, 3.63) is 64.4 Å². The van der Waals surface area contributed by atoms with Crippen LogP contribution in [0, 0.1) is 31.0 Å². The monoisotopic (exact) mass is 421 g/mol. The fourth-order valence-electron chi connectivity index (χ4n) is 3.80. The van der Waals surface area contributed by atoms with E-state index in [0.29, 0.717) is 37.1 Å². The average molecular weight is 422 g/mol. The molecule has 7 heteroatoms. The number of benzene rings is 1. The van der Waals surface area contributed by atoms with E-state index in [-0.39, 0.29) is 11.7 Å². The molecular weight excluding hydrogens is 393 g/mol. The summed E-state index contributed by atoms with van der Waals surface area (Å²) in [6.45, 7) is 7.13. The fourth-order valence-corrected chi connectivity index (χ4v) is 3.80. The summed E-state index contributed by atoms with van der Waals surface area (Å²) >= 11 is 0. The molecule has 2 aromatic heterocycles. The molecule has 0 aliphatic carbocycles. The van der Waals surface area contributed by atoms with E-state index in [4.69, 9.17) is 0 Å². The summed E-state index contributed by atoms with van der Waals surface area (Å²) in [5.41, 5.74) is 4.59. The molecule has 6 nitrogen and oxygen atoms in total.